The van der Waals surface area contributed by atoms with E-state index < -0.39 is 0 Å². The Balaban J connectivity index is 1.81. The van der Waals surface area contributed by atoms with E-state index in [-0.39, 0.29) is 18.0 Å². The van der Waals surface area contributed by atoms with Gasteiger partial charge in [-0.2, -0.15) is 0 Å². The molecule has 0 aliphatic carbocycles. The van der Waals surface area contributed by atoms with Gasteiger partial charge < -0.3 is 19.5 Å². The van der Waals surface area contributed by atoms with Crippen LogP contribution in [0.25, 0.3) is 0 Å². The Morgan fingerprint density at radius 2 is 1.63 bits per heavy atom. The van der Waals surface area contributed by atoms with Crippen LogP contribution in [0.5, 0.6) is 17.4 Å². The number of ether oxygens (including phenoxy) is 3. The smallest absolute Gasteiger partial charge is 0.217 e. The third-order valence-electron chi connectivity index (χ3n) is 5.98. The predicted molar refractivity (Wildman–Crippen MR) is 118 cm³/mol. The number of pyridine rings is 1. The van der Waals surface area contributed by atoms with Gasteiger partial charge in [-0.1, -0.05) is 43.3 Å². The molecule has 0 saturated heterocycles. The highest BCUT2D eigenvalue weighted by molar-refractivity contribution is 5.51. The molecule has 0 unspecified atom stereocenters. The molecular formula is C25H28N2O3. The fraction of sp³-hybridized carbons (Fsp3) is 0.320. The van der Waals surface area contributed by atoms with Crippen LogP contribution in [-0.4, -0.2) is 26.3 Å². The summed E-state index contributed by atoms with van der Waals surface area (Å²) in [5, 5.41) is 3.87. The van der Waals surface area contributed by atoms with Gasteiger partial charge in [0.1, 0.15) is 0 Å². The van der Waals surface area contributed by atoms with Crippen molar-refractivity contribution in [3.63, 3.8) is 0 Å². The lowest BCUT2D eigenvalue weighted by Crippen LogP contribution is -2.36. The summed E-state index contributed by atoms with van der Waals surface area (Å²) in [5.74, 6) is 2.42. The van der Waals surface area contributed by atoms with Crippen LogP contribution < -0.4 is 19.5 Å². The molecular weight excluding hydrogens is 376 g/mol. The molecule has 0 radical (unpaired) electrons. The Morgan fingerprint density at radius 3 is 2.33 bits per heavy atom. The lowest BCUT2D eigenvalue weighted by atomic mass is 9.80. The summed E-state index contributed by atoms with van der Waals surface area (Å²) >= 11 is 0. The fourth-order valence-electron chi connectivity index (χ4n) is 4.39. The summed E-state index contributed by atoms with van der Waals surface area (Å²) < 4.78 is 16.7. The van der Waals surface area contributed by atoms with Gasteiger partial charge in [-0.25, -0.2) is 4.98 Å². The molecule has 0 saturated carbocycles. The van der Waals surface area contributed by atoms with Crippen molar-refractivity contribution < 1.29 is 14.2 Å². The summed E-state index contributed by atoms with van der Waals surface area (Å²) in [7, 11) is 5.02. The van der Waals surface area contributed by atoms with Gasteiger partial charge in [-0.3, -0.25) is 0 Å². The van der Waals surface area contributed by atoms with Crippen LogP contribution in [-0.2, 0) is 6.42 Å². The zero-order chi connectivity index (χ0) is 21.1. The second kappa shape index (κ2) is 8.76. The van der Waals surface area contributed by atoms with Gasteiger partial charge in [0, 0.05) is 29.8 Å². The fourth-order valence-corrected chi connectivity index (χ4v) is 4.39. The minimum absolute atomic E-state index is 0.0791. The van der Waals surface area contributed by atoms with Crippen molar-refractivity contribution >= 4 is 0 Å². The van der Waals surface area contributed by atoms with Gasteiger partial charge in [-0.15, -0.1) is 0 Å². The van der Waals surface area contributed by atoms with Crippen LogP contribution in [0, 0.1) is 0 Å². The highest BCUT2D eigenvalue weighted by atomic mass is 16.5. The maximum atomic E-state index is 5.60. The van der Waals surface area contributed by atoms with Crippen LogP contribution in [0.15, 0.2) is 60.8 Å². The topological polar surface area (TPSA) is 52.6 Å². The third-order valence-corrected chi connectivity index (χ3v) is 5.98. The van der Waals surface area contributed by atoms with E-state index in [1.165, 1.54) is 16.7 Å². The molecule has 1 aromatic heterocycles. The lowest BCUT2D eigenvalue weighted by molar-refractivity contribution is 0.335. The van der Waals surface area contributed by atoms with E-state index in [4.69, 9.17) is 14.2 Å². The van der Waals surface area contributed by atoms with Crippen molar-refractivity contribution in [1.82, 2.24) is 10.3 Å². The Labute approximate surface area is 178 Å². The molecule has 1 aliphatic heterocycles. The van der Waals surface area contributed by atoms with Crippen molar-refractivity contribution in [2.24, 2.45) is 0 Å². The first-order valence-corrected chi connectivity index (χ1v) is 10.2. The average Bonchev–Trinajstić information content (AvgIpc) is 2.82. The molecule has 30 heavy (non-hydrogen) atoms. The Kier molecular flexibility index (Phi) is 5.91. The molecule has 2 heterocycles. The minimum Gasteiger partial charge on any atom is -0.493 e. The van der Waals surface area contributed by atoms with Crippen LogP contribution in [0.1, 0.15) is 47.2 Å². The number of hydrogen-bond donors (Lipinski definition) is 1. The van der Waals surface area contributed by atoms with Gasteiger partial charge in [0.2, 0.25) is 5.88 Å². The van der Waals surface area contributed by atoms with E-state index in [2.05, 4.69) is 65.8 Å². The number of aromatic nitrogens is 1. The summed E-state index contributed by atoms with van der Waals surface area (Å²) in [6.45, 7) is 2.26. The quantitative estimate of drug-likeness (QED) is 0.637. The number of nitrogens with one attached hydrogen (secondary N) is 1. The maximum absolute atomic E-state index is 5.60. The third kappa shape index (κ3) is 3.73. The van der Waals surface area contributed by atoms with Crippen molar-refractivity contribution in [2.75, 3.05) is 21.3 Å². The van der Waals surface area contributed by atoms with E-state index in [0.717, 1.165) is 23.5 Å². The summed E-state index contributed by atoms with van der Waals surface area (Å²) in [5.41, 5.74) is 4.83. The standard InChI is InChI=1S/C25H28N2O3/c1-16(17-9-6-5-7-10-17)24-20-15-23(29-3)22(28-2)14-18(20)13-21(27-24)19-11-8-12-26-25(19)30-4/h5-12,14-16,21,24,27H,13H2,1-4H3/t16-,21+,24+/m0/s1. The molecule has 0 bridgehead atoms. The molecule has 4 rings (SSSR count). The number of fused-ring (bicyclic) bond motifs is 1. The van der Waals surface area contributed by atoms with Crippen LogP contribution in [0.4, 0.5) is 0 Å². The molecule has 3 aromatic rings. The molecule has 0 fully saturated rings. The number of nitrogens with zero attached hydrogens (tertiary/aromatic N) is 1. The van der Waals surface area contributed by atoms with Crippen molar-refractivity contribution in [3.8, 4) is 17.4 Å². The molecule has 3 atom stereocenters. The normalized spacial score (nSPS) is 18.9. The first kappa shape index (κ1) is 20.2. The van der Waals surface area contributed by atoms with Gasteiger partial charge in [0.25, 0.3) is 0 Å². The molecule has 5 heteroatoms. The summed E-state index contributed by atoms with van der Waals surface area (Å²) in [6, 6.07) is 19.0. The van der Waals surface area contributed by atoms with E-state index in [0.29, 0.717) is 5.88 Å². The van der Waals surface area contributed by atoms with Crippen molar-refractivity contribution in [3.05, 3.63) is 83.0 Å². The largest absolute Gasteiger partial charge is 0.493 e. The molecule has 5 nitrogen and oxygen atoms in total. The minimum atomic E-state index is 0.0791. The molecule has 0 amide bonds. The zero-order valence-corrected chi connectivity index (χ0v) is 17.9. The number of methoxy groups -OCH3 is 3. The van der Waals surface area contributed by atoms with E-state index in [1.54, 1.807) is 27.5 Å². The van der Waals surface area contributed by atoms with Gasteiger partial charge >= 0.3 is 0 Å². The molecule has 2 aromatic carbocycles. The predicted octanol–water partition coefficient (Wildman–Crippen LogP) is 4.84. The second-order valence-electron chi connectivity index (χ2n) is 7.61. The van der Waals surface area contributed by atoms with Crippen molar-refractivity contribution in [1.29, 1.82) is 0 Å². The molecule has 0 spiro atoms. The number of hydrogen-bond acceptors (Lipinski definition) is 5. The maximum Gasteiger partial charge on any atom is 0.217 e. The van der Waals surface area contributed by atoms with Gasteiger partial charge in [-0.05, 0) is 41.3 Å². The highest BCUT2D eigenvalue weighted by Crippen LogP contribution is 2.44. The SMILES string of the molecule is COc1cc2c(cc1OC)[C@@H]([C@@H](C)c1ccccc1)N[C@@H](c1cccnc1OC)C2. The molecule has 1 aliphatic rings. The molecule has 156 valence electrons. The first-order chi connectivity index (χ1) is 14.7. The average molecular weight is 405 g/mol. The van der Waals surface area contributed by atoms with Gasteiger partial charge in [0.05, 0.1) is 21.3 Å². The second-order valence-corrected chi connectivity index (χ2v) is 7.61. The van der Waals surface area contributed by atoms with E-state index in [1.807, 2.05) is 6.07 Å². The number of rotatable bonds is 6. The Hall–Kier alpha value is -3.05. The number of benzene rings is 2. The van der Waals surface area contributed by atoms with Gasteiger partial charge in [0.15, 0.2) is 11.5 Å². The van der Waals surface area contributed by atoms with Crippen LogP contribution in [0.3, 0.4) is 0 Å². The zero-order valence-electron chi connectivity index (χ0n) is 17.9. The monoisotopic (exact) mass is 404 g/mol. The van der Waals surface area contributed by atoms with E-state index >= 15 is 0 Å². The lowest BCUT2D eigenvalue weighted by Gasteiger charge is -2.37. The highest BCUT2D eigenvalue weighted by Gasteiger charge is 2.33. The van der Waals surface area contributed by atoms with Crippen LogP contribution in [0.2, 0.25) is 0 Å². The first-order valence-electron chi connectivity index (χ1n) is 10.2. The Bertz CT molecular complexity index is 1010. The van der Waals surface area contributed by atoms with Crippen molar-refractivity contribution in [2.45, 2.75) is 31.3 Å². The van der Waals surface area contributed by atoms with Crippen LogP contribution >= 0.6 is 0 Å². The summed E-state index contributed by atoms with van der Waals surface area (Å²) in [6.07, 6.45) is 2.58. The summed E-state index contributed by atoms with van der Waals surface area (Å²) in [4.78, 5) is 4.41. The molecule has 1 N–H and O–H groups in total. The Morgan fingerprint density at radius 1 is 0.900 bits per heavy atom. The van der Waals surface area contributed by atoms with E-state index in [9.17, 15) is 0 Å².